The topological polar surface area (TPSA) is 52.5 Å². The lowest BCUT2D eigenvalue weighted by Gasteiger charge is -2.19. The number of aryl methyl sites for hydroxylation is 1. The number of fused-ring (bicyclic) bond motifs is 1. The first kappa shape index (κ1) is 20.8. The summed E-state index contributed by atoms with van der Waals surface area (Å²) in [5.74, 6) is 0.830. The molecule has 5 heteroatoms. The summed E-state index contributed by atoms with van der Waals surface area (Å²) in [6.45, 7) is 7.21. The van der Waals surface area contributed by atoms with Crippen molar-refractivity contribution in [1.29, 1.82) is 0 Å². The Bertz CT molecular complexity index is 1010. The van der Waals surface area contributed by atoms with E-state index in [0.29, 0.717) is 18.9 Å². The Labute approximate surface area is 172 Å². The van der Waals surface area contributed by atoms with Crippen LogP contribution in [0.3, 0.4) is 0 Å². The van der Waals surface area contributed by atoms with Gasteiger partial charge in [0.2, 0.25) is 5.75 Å². The second-order valence-electron chi connectivity index (χ2n) is 7.46. The molecule has 0 unspecified atom stereocenters. The summed E-state index contributed by atoms with van der Waals surface area (Å²) in [7, 11) is 1.77. The number of hydrogen-bond donors (Lipinski definition) is 1. The average Bonchev–Trinajstić information content (AvgIpc) is 2.73. The zero-order valence-corrected chi connectivity index (χ0v) is 17.7. The van der Waals surface area contributed by atoms with E-state index in [-0.39, 0.29) is 17.4 Å². The molecule has 3 rings (SSSR count). The Morgan fingerprint density at radius 1 is 1.07 bits per heavy atom. The molecule has 29 heavy (non-hydrogen) atoms. The maximum atomic E-state index is 13.0. The predicted octanol–water partition coefficient (Wildman–Crippen LogP) is 5.12. The smallest absolute Gasteiger partial charge is 0.297 e. The first-order valence-corrected chi connectivity index (χ1v) is 10.2. The Morgan fingerprint density at radius 3 is 2.52 bits per heavy atom. The van der Waals surface area contributed by atoms with Crippen molar-refractivity contribution in [2.45, 2.75) is 46.3 Å². The third-order valence-corrected chi connectivity index (χ3v) is 4.75. The summed E-state index contributed by atoms with van der Waals surface area (Å²) in [5, 5.41) is 4.31. The van der Waals surface area contributed by atoms with Crippen LogP contribution in [0.5, 0.6) is 11.5 Å². The van der Waals surface area contributed by atoms with Gasteiger partial charge in [-0.1, -0.05) is 43.7 Å². The molecule has 0 atom stereocenters. The fourth-order valence-corrected chi connectivity index (χ4v) is 3.19. The maximum Gasteiger partial charge on any atom is 0.297 e. The molecular formula is C24H30N2O3. The molecule has 0 radical (unpaired) electrons. The summed E-state index contributed by atoms with van der Waals surface area (Å²) in [6.07, 6.45) is 1.84. The number of pyridine rings is 1. The minimum atomic E-state index is -0.182. The molecule has 3 aromatic rings. The van der Waals surface area contributed by atoms with Crippen molar-refractivity contribution in [2.75, 3.05) is 11.9 Å². The van der Waals surface area contributed by atoms with Crippen LogP contribution in [0.15, 0.2) is 53.3 Å². The maximum absolute atomic E-state index is 13.0. The van der Waals surface area contributed by atoms with Crippen molar-refractivity contribution in [3.8, 4) is 11.5 Å². The van der Waals surface area contributed by atoms with Crippen molar-refractivity contribution in [2.24, 2.45) is 7.05 Å². The van der Waals surface area contributed by atoms with E-state index in [2.05, 4.69) is 24.4 Å². The van der Waals surface area contributed by atoms with Crippen molar-refractivity contribution in [3.05, 3.63) is 64.4 Å². The molecule has 154 valence electrons. The molecule has 0 saturated heterocycles. The predicted molar refractivity (Wildman–Crippen MR) is 119 cm³/mol. The van der Waals surface area contributed by atoms with Crippen LogP contribution >= 0.6 is 0 Å². The van der Waals surface area contributed by atoms with Gasteiger partial charge in [-0.3, -0.25) is 4.79 Å². The van der Waals surface area contributed by atoms with Crippen LogP contribution in [0.25, 0.3) is 10.9 Å². The molecule has 5 nitrogen and oxygen atoms in total. The minimum Gasteiger partial charge on any atom is -0.489 e. The number of anilines is 1. The zero-order chi connectivity index (χ0) is 20.8. The zero-order valence-electron chi connectivity index (χ0n) is 17.7. The van der Waals surface area contributed by atoms with Gasteiger partial charge in [0.1, 0.15) is 0 Å². The van der Waals surface area contributed by atoms with Crippen molar-refractivity contribution >= 4 is 16.6 Å². The molecule has 0 aliphatic heterocycles. The molecular weight excluding hydrogens is 364 g/mol. The van der Waals surface area contributed by atoms with E-state index in [1.165, 1.54) is 5.56 Å². The number of nitrogens with zero attached hydrogens (tertiary/aromatic N) is 1. The molecule has 1 aromatic heterocycles. The van der Waals surface area contributed by atoms with E-state index in [1.807, 2.05) is 50.2 Å². The molecule has 1 N–H and O–H groups in total. The SMILES string of the molecule is CCCCOc1c(OC(C)C)c(=O)n(C)c2cc(NCc3ccccc3)ccc12. The summed E-state index contributed by atoms with van der Waals surface area (Å²) in [5.41, 5.74) is 2.78. The first-order chi connectivity index (χ1) is 14.0. The molecule has 0 fully saturated rings. The molecule has 0 aliphatic carbocycles. The van der Waals surface area contributed by atoms with Crippen LogP contribution in [0, 0.1) is 0 Å². The summed E-state index contributed by atoms with van der Waals surface area (Å²) in [6, 6.07) is 16.2. The average molecular weight is 395 g/mol. The largest absolute Gasteiger partial charge is 0.489 e. The van der Waals surface area contributed by atoms with E-state index >= 15 is 0 Å². The second-order valence-corrected chi connectivity index (χ2v) is 7.46. The second kappa shape index (κ2) is 9.50. The van der Waals surface area contributed by atoms with Gasteiger partial charge in [-0.25, -0.2) is 0 Å². The molecule has 0 aliphatic rings. The van der Waals surface area contributed by atoms with Crippen LogP contribution in [0.1, 0.15) is 39.2 Å². The van der Waals surface area contributed by atoms with Gasteiger partial charge in [0.25, 0.3) is 5.56 Å². The van der Waals surface area contributed by atoms with Crippen LogP contribution in [0.2, 0.25) is 0 Å². The summed E-state index contributed by atoms with van der Waals surface area (Å²) >= 11 is 0. The molecule has 0 amide bonds. The van der Waals surface area contributed by atoms with E-state index in [1.54, 1.807) is 11.6 Å². The molecule has 2 aromatic carbocycles. The molecule has 0 saturated carbocycles. The van der Waals surface area contributed by atoms with Gasteiger partial charge in [-0.2, -0.15) is 0 Å². The molecule has 0 bridgehead atoms. The van der Waals surface area contributed by atoms with Gasteiger partial charge in [0, 0.05) is 24.7 Å². The number of benzene rings is 2. The lowest BCUT2D eigenvalue weighted by atomic mass is 10.1. The van der Waals surface area contributed by atoms with Crippen molar-refractivity contribution in [1.82, 2.24) is 4.57 Å². The van der Waals surface area contributed by atoms with Crippen LogP contribution in [0.4, 0.5) is 5.69 Å². The minimum absolute atomic E-state index is 0.111. The van der Waals surface area contributed by atoms with E-state index in [4.69, 9.17) is 9.47 Å². The molecule has 0 spiro atoms. The summed E-state index contributed by atoms with van der Waals surface area (Å²) < 4.78 is 13.5. The number of nitrogens with one attached hydrogen (secondary N) is 1. The van der Waals surface area contributed by atoms with Gasteiger partial charge < -0.3 is 19.4 Å². The van der Waals surface area contributed by atoms with E-state index in [9.17, 15) is 4.79 Å². The number of aromatic nitrogens is 1. The van der Waals surface area contributed by atoms with Crippen molar-refractivity contribution in [3.63, 3.8) is 0 Å². The fourth-order valence-electron chi connectivity index (χ4n) is 3.19. The van der Waals surface area contributed by atoms with Crippen LogP contribution in [-0.4, -0.2) is 17.3 Å². The van der Waals surface area contributed by atoms with Crippen molar-refractivity contribution < 1.29 is 9.47 Å². The van der Waals surface area contributed by atoms with Gasteiger partial charge >= 0.3 is 0 Å². The van der Waals surface area contributed by atoms with Gasteiger partial charge in [-0.15, -0.1) is 0 Å². The Morgan fingerprint density at radius 2 is 1.83 bits per heavy atom. The standard InChI is InChI=1S/C24H30N2O3/c1-5-6-14-28-22-20-13-12-19(25-16-18-10-8-7-9-11-18)15-21(20)26(4)24(27)23(22)29-17(2)3/h7-13,15,17,25H,5-6,14,16H2,1-4H3. The number of ether oxygens (including phenoxy) is 2. The third-order valence-electron chi connectivity index (χ3n) is 4.75. The number of unbranched alkanes of at least 4 members (excludes halogenated alkanes) is 1. The van der Waals surface area contributed by atoms with Crippen LogP contribution in [-0.2, 0) is 13.6 Å². The Kier molecular flexibility index (Phi) is 6.81. The van der Waals surface area contributed by atoms with Crippen LogP contribution < -0.4 is 20.3 Å². The fraction of sp³-hybridized carbons (Fsp3) is 0.375. The third kappa shape index (κ3) is 4.91. The highest BCUT2D eigenvalue weighted by atomic mass is 16.5. The van der Waals surface area contributed by atoms with E-state index < -0.39 is 0 Å². The van der Waals surface area contributed by atoms with Gasteiger partial charge in [0.05, 0.1) is 18.2 Å². The van der Waals surface area contributed by atoms with E-state index in [0.717, 1.165) is 29.4 Å². The highest BCUT2D eigenvalue weighted by Gasteiger charge is 2.19. The molecule has 1 heterocycles. The number of rotatable bonds is 9. The summed E-state index contributed by atoms with van der Waals surface area (Å²) in [4.78, 5) is 13.0. The quantitative estimate of drug-likeness (QED) is 0.512. The van der Waals surface area contributed by atoms with Gasteiger partial charge in [-0.05, 0) is 44.0 Å². The lowest BCUT2D eigenvalue weighted by molar-refractivity contribution is 0.217. The Balaban J connectivity index is 2.00. The first-order valence-electron chi connectivity index (χ1n) is 10.2. The highest BCUT2D eigenvalue weighted by Crippen LogP contribution is 2.34. The Hall–Kier alpha value is -2.95. The normalized spacial score (nSPS) is 11.1. The lowest BCUT2D eigenvalue weighted by Crippen LogP contribution is -2.23. The van der Waals surface area contributed by atoms with Gasteiger partial charge in [0.15, 0.2) is 5.75 Å². The number of hydrogen-bond acceptors (Lipinski definition) is 4. The monoisotopic (exact) mass is 394 g/mol. The highest BCUT2D eigenvalue weighted by molar-refractivity contribution is 5.90.